The first-order valence-electron chi connectivity index (χ1n) is 6.26. The predicted molar refractivity (Wildman–Crippen MR) is 72.5 cm³/mol. The molecule has 1 atom stereocenters. The van der Waals surface area contributed by atoms with Crippen molar-refractivity contribution >= 4 is 11.7 Å². The van der Waals surface area contributed by atoms with Gasteiger partial charge < -0.3 is 10.2 Å². The number of aryl methyl sites for hydroxylation is 2. The van der Waals surface area contributed by atoms with Crippen LogP contribution in [-0.4, -0.2) is 40.9 Å². The summed E-state index contributed by atoms with van der Waals surface area (Å²) in [6.45, 7) is 5.81. The third-order valence-electron chi connectivity index (χ3n) is 2.57. The van der Waals surface area contributed by atoms with Crippen LogP contribution in [0.15, 0.2) is 6.07 Å². The Hall–Kier alpha value is -1.65. The average molecular weight is 250 g/mol. The van der Waals surface area contributed by atoms with Gasteiger partial charge in [0.1, 0.15) is 17.7 Å². The molecule has 0 aromatic carbocycles. The third-order valence-corrected chi connectivity index (χ3v) is 2.57. The number of hydrogen-bond donors (Lipinski definition) is 1. The van der Waals surface area contributed by atoms with Gasteiger partial charge in [-0.2, -0.15) is 0 Å². The maximum absolute atomic E-state index is 11.8. The first-order valence-corrected chi connectivity index (χ1v) is 6.26. The van der Waals surface area contributed by atoms with Gasteiger partial charge in [-0.05, 0) is 20.3 Å². The second-order valence-electron chi connectivity index (χ2n) is 4.64. The maximum Gasteiger partial charge on any atom is 0.244 e. The summed E-state index contributed by atoms with van der Waals surface area (Å²) in [6, 6.07) is 1.62. The Kier molecular flexibility index (Phi) is 5.07. The minimum absolute atomic E-state index is 0.0308. The molecule has 0 saturated heterocycles. The highest BCUT2D eigenvalue weighted by Gasteiger charge is 2.15. The van der Waals surface area contributed by atoms with Crippen molar-refractivity contribution in [3.8, 4) is 0 Å². The summed E-state index contributed by atoms with van der Waals surface area (Å²) in [7, 11) is 3.49. The van der Waals surface area contributed by atoms with Gasteiger partial charge >= 0.3 is 0 Å². The Labute approximate surface area is 109 Å². The molecule has 0 fully saturated rings. The van der Waals surface area contributed by atoms with Gasteiger partial charge in [-0.15, -0.1) is 0 Å². The predicted octanol–water partition coefficient (Wildman–Crippen LogP) is 1.63. The molecule has 1 aromatic rings. The van der Waals surface area contributed by atoms with E-state index in [0.29, 0.717) is 5.82 Å². The quantitative estimate of drug-likeness (QED) is 0.863. The molecule has 0 aliphatic carbocycles. The number of rotatable bonds is 5. The number of nitrogens with zero attached hydrogens (tertiary/aromatic N) is 3. The summed E-state index contributed by atoms with van der Waals surface area (Å²) < 4.78 is 0. The van der Waals surface area contributed by atoms with Crippen molar-refractivity contribution in [2.75, 3.05) is 19.4 Å². The van der Waals surface area contributed by atoms with Gasteiger partial charge in [0.05, 0.1) is 0 Å². The van der Waals surface area contributed by atoms with Gasteiger partial charge in [0.2, 0.25) is 5.91 Å². The number of anilines is 1. The highest BCUT2D eigenvalue weighted by atomic mass is 16.2. The van der Waals surface area contributed by atoms with E-state index in [0.717, 1.165) is 24.4 Å². The van der Waals surface area contributed by atoms with E-state index in [2.05, 4.69) is 22.2 Å². The molecule has 5 heteroatoms. The van der Waals surface area contributed by atoms with Crippen LogP contribution >= 0.6 is 0 Å². The number of nitrogens with one attached hydrogen (secondary N) is 1. The minimum Gasteiger partial charge on any atom is -0.359 e. The summed E-state index contributed by atoms with van der Waals surface area (Å²) in [4.78, 5) is 22.0. The molecule has 0 radical (unpaired) electrons. The average Bonchev–Trinajstić information content (AvgIpc) is 2.27. The van der Waals surface area contributed by atoms with Crippen LogP contribution < -0.4 is 5.32 Å². The molecule has 0 aliphatic rings. The summed E-state index contributed by atoms with van der Waals surface area (Å²) in [5, 5.41) is 3.12. The van der Waals surface area contributed by atoms with Crippen molar-refractivity contribution in [2.45, 2.75) is 39.7 Å². The Bertz CT molecular complexity index is 417. The van der Waals surface area contributed by atoms with Crippen LogP contribution in [0.5, 0.6) is 0 Å². The summed E-state index contributed by atoms with van der Waals surface area (Å²) in [5.74, 6) is 1.48. The molecule has 0 unspecified atom stereocenters. The molecule has 1 amide bonds. The van der Waals surface area contributed by atoms with Gasteiger partial charge in [-0.25, -0.2) is 9.97 Å². The fourth-order valence-corrected chi connectivity index (χ4v) is 1.76. The molecule has 1 aromatic heterocycles. The zero-order valence-corrected chi connectivity index (χ0v) is 11.8. The lowest BCUT2D eigenvalue weighted by Crippen LogP contribution is -2.36. The largest absolute Gasteiger partial charge is 0.359 e. The Morgan fingerprint density at radius 3 is 2.67 bits per heavy atom. The van der Waals surface area contributed by atoms with Crippen LogP contribution in [-0.2, 0) is 11.2 Å². The van der Waals surface area contributed by atoms with Crippen molar-refractivity contribution in [1.82, 2.24) is 14.9 Å². The van der Waals surface area contributed by atoms with Crippen molar-refractivity contribution in [3.63, 3.8) is 0 Å². The molecular weight excluding hydrogens is 228 g/mol. The van der Waals surface area contributed by atoms with Crippen LogP contribution in [0.25, 0.3) is 0 Å². The molecule has 0 saturated carbocycles. The van der Waals surface area contributed by atoms with E-state index in [1.54, 1.807) is 19.0 Å². The number of likely N-dealkylation sites (N-methyl/N-ethyl adjacent to an activating group) is 1. The fourth-order valence-electron chi connectivity index (χ4n) is 1.76. The summed E-state index contributed by atoms with van der Waals surface area (Å²) in [6.07, 6.45) is 1.97. The monoisotopic (exact) mass is 250 g/mol. The van der Waals surface area contributed by atoms with Gasteiger partial charge in [-0.3, -0.25) is 4.79 Å². The molecule has 0 bridgehead atoms. The summed E-state index contributed by atoms with van der Waals surface area (Å²) >= 11 is 0. The molecule has 1 rings (SSSR count). The molecule has 1 heterocycles. The van der Waals surface area contributed by atoms with Crippen LogP contribution in [0.1, 0.15) is 31.8 Å². The van der Waals surface area contributed by atoms with Crippen LogP contribution in [0.4, 0.5) is 5.82 Å². The molecule has 0 aliphatic heterocycles. The molecule has 18 heavy (non-hydrogen) atoms. The molecule has 1 N–H and O–H groups in total. The van der Waals surface area contributed by atoms with E-state index in [4.69, 9.17) is 0 Å². The first-order chi connectivity index (χ1) is 8.43. The molecule has 0 spiro atoms. The Morgan fingerprint density at radius 2 is 2.11 bits per heavy atom. The van der Waals surface area contributed by atoms with E-state index < -0.39 is 0 Å². The lowest BCUT2D eigenvalue weighted by molar-refractivity contribution is -0.129. The highest BCUT2D eigenvalue weighted by molar-refractivity contribution is 5.83. The summed E-state index contributed by atoms with van der Waals surface area (Å²) in [5.41, 5.74) is 1.01. The van der Waals surface area contributed by atoms with E-state index in [-0.39, 0.29) is 11.9 Å². The smallest absolute Gasteiger partial charge is 0.244 e. The normalized spacial score (nSPS) is 12.1. The number of carbonyl (C=O) groups excluding carboxylic acids is 1. The number of aromatic nitrogens is 2. The van der Waals surface area contributed by atoms with E-state index in [1.807, 2.05) is 19.9 Å². The van der Waals surface area contributed by atoms with Gasteiger partial charge in [0.25, 0.3) is 0 Å². The van der Waals surface area contributed by atoms with Crippen LogP contribution in [0.2, 0.25) is 0 Å². The van der Waals surface area contributed by atoms with Crippen molar-refractivity contribution in [3.05, 3.63) is 17.6 Å². The van der Waals surface area contributed by atoms with E-state index >= 15 is 0 Å². The van der Waals surface area contributed by atoms with E-state index in [9.17, 15) is 4.79 Å². The fraction of sp³-hybridized carbons (Fsp3) is 0.615. The van der Waals surface area contributed by atoms with Crippen molar-refractivity contribution in [1.29, 1.82) is 0 Å². The van der Waals surface area contributed by atoms with Crippen LogP contribution in [0.3, 0.4) is 0 Å². The van der Waals surface area contributed by atoms with E-state index in [1.165, 1.54) is 0 Å². The Morgan fingerprint density at radius 1 is 1.44 bits per heavy atom. The number of hydrogen-bond acceptors (Lipinski definition) is 4. The number of carbonyl (C=O) groups is 1. The first kappa shape index (κ1) is 14.4. The lowest BCUT2D eigenvalue weighted by Gasteiger charge is -2.18. The zero-order chi connectivity index (χ0) is 13.7. The van der Waals surface area contributed by atoms with Gasteiger partial charge in [-0.1, -0.05) is 13.3 Å². The topological polar surface area (TPSA) is 58.1 Å². The SMILES string of the molecule is CCCc1cc(N[C@@H](C)C(=O)N(C)C)nc(C)n1. The van der Waals surface area contributed by atoms with Crippen LogP contribution in [0, 0.1) is 6.92 Å². The molecule has 5 nitrogen and oxygen atoms in total. The van der Waals surface area contributed by atoms with Crippen molar-refractivity contribution in [2.24, 2.45) is 0 Å². The third kappa shape index (κ3) is 3.98. The Balaban J connectivity index is 2.80. The van der Waals surface area contributed by atoms with Crippen molar-refractivity contribution < 1.29 is 4.79 Å². The zero-order valence-electron chi connectivity index (χ0n) is 11.8. The lowest BCUT2D eigenvalue weighted by atomic mass is 10.2. The maximum atomic E-state index is 11.8. The van der Waals surface area contributed by atoms with Gasteiger partial charge in [0, 0.05) is 25.9 Å². The second-order valence-corrected chi connectivity index (χ2v) is 4.64. The number of amides is 1. The molecule has 100 valence electrons. The second kappa shape index (κ2) is 6.33. The molecular formula is C13H22N4O. The highest BCUT2D eigenvalue weighted by Crippen LogP contribution is 2.10. The standard InChI is InChI=1S/C13H22N4O/c1-6-7-11-8-12(16-10(3)15-11)14-9(2)13(18)17(4)5/h8-9H,6-7H2,1-5H3,(H,14,15,16)/t9-/m0/s1. The van der Waals surface area contributed by atoms with Gasteiger partial charge in [0.15, 0.2) is 0 Å². The minimum atomic E-state index is -0.288.